The van der Waals surface area contributed by atoms with Crippen LogP contribution in [0.3, 0.4) is 0 Å². The number of rotatable bonds is 5. The highest BCUT2D eigenvalue weighted by Gasteiger charge is 2.15. The largest absolute Gasteiger partial charge is 0.460 e. The summed E-state index contributed by atoms with van der Waals surface area (Å²) in [6.07, 6.45) is 2.06. The van der Waals surface area contributed by atoms with Gasteiger partial charge in [-0.25, -0.2) is 4.79 Å². The molecular formula is C24H17IO5. The van der Waals surface area contributed by atoms with Crippen LogP contribution in [-0.4, -0.2) is 5.97 Å². The third kappa shape index (κ3) is 4.09. The van der Waals surface area contributed by atoms with Crippen LogP contribution >= 0.6 is 22.6 Å². The maximum atomic E-state index is 12.8. The number of para-hydroxylation sites is 1. The number of hydrogen-bond acceptors (Lipinski definition) is 5. The van der Waals surface area contributed by atoms with Gasteiger partial charge in [-0.2, -0.15) is 0 Å². The first-order valence-electron chi connectivity index (χ1n) is 9.35. The number of esters is 1. The van der Waals surface area contributed by atoms with Crippen molar-refractivity contribution in [1.29, 1.82) is 0 Å². The molecule has 0 saturated carbocycles. The number of benzene rings is 3. The van der Waals surface area contributed by atoms with Crippen LogP contribution in [0.2, 0.25) is 0 Å². The SMILES string of the molecule is CCc1ccccc1Oc1coc2cc(OC(=O)c3ccccc3I)ccc2c1=O. The number of halogens is 1. The maximum Gasteiger partial charge on any atom is 0.344 e. The van der Waals surface area contributed by atoms with Crippen molar-refractivity contribution < 1.29 is 18.7 Å². The van der Waals surface area contributed by atoms with E-state index in [0.717, 1.165) is 15.6 Å². The normalized spacial score (nSPS) is 10.7. The molecule has 1 aromatic heterocycles. The quantitative estimate of drug-likeness (QED) is 0.187. The number of carbonyl (C=O) groups is 1. The smallest absolute Gasteiger partial charge is 0.344 e. The van der Waals surface area contributed by atoms with Gasteiger partial charge in [-0.3, -0.25) is 4.79 Å². The van der Waals surface area contributed by atoms with E-state index in [4.69, 9.17) is 13.9 Å². The van der Waals surface area contributed by atoms with Gasteiger partial charge in [0, 0.05) is 9.64 Å². The maximum absolute atomic E-state index is 12.8. The lowest BCUT2D eigenvalue weighted by Gasteiger charge is -2.10. The van der Waals surface area contributed by atoms with E-state index in [9.17, 15) is 9.59 Å². The van der Waals surface area contributed by atoms with E-state index in [0.29, 0.717) is 28.0 Å². The number of fused-ring (bicyclic) bond motifs is 1. The Balaban J connectivity index is 1.62. The second-order valence-corrected chi connectivity index (χ2v) is 7.68. The van der Waals surface area contributed by atoms with Crippen LogP contribution in [0.1, 0.15) is 22.8 Å². The fourth-order valence-corrected chi connectivity index (χ4v) is 3.64. The molecule has 0 N–H and O–H groups in total. The van der Waals surface area contributed by atoms with Crippen molar-refractivity contribution >= 4 is 39.5 Å². The molecule has 0 saturated heterocycles. The van der Waals surface area contributed by atoms with E-state index in [1.165, 1.54) is 12.3 Å². The summed E-state index contributed by atoms with van der Waals surface area (Å²) in [5, 5.41) is 0.343. The first-order valence-corrected chi connectivity index (χ1v) is 10.4. The molecular weight excluding hydrogens is 495 g/mol. The molecule has 4 aromatic rings. The van der Waals surface area contributed by atoms with Crippen LogP contribution in [0.5, 0.6) is 17.2 Å². The summed E-state index contributed by atoms with van der Waals surface area (Å²) in [5.74, 6) is 0.541. The number of carbonyl (C=O) groups excluding carboxylic acids is 1. The van der Waals surface area contributed by atoms with Crippen LogP contribution < -0.4 is 14.9 Å². The van der Waals surface area contributed by atoms with E-state index in [1.807, 2.05) is 43.3 Å². The third-order valence-corrected chi connectivity index (χ3v) is 5.53. The summed E-state index contributed by atoms with van der Waals surface area (Å²) < 4.78 is 17.7. The van der Waals surface area contributed by atoms with E-state index < -0.39 is 5.97 Å². The molecule has 0 bridgehead atoms. The molecule has 0 amide bonds. The molecule has 30 heavy (non-hydrogen) atoms. The Hall–Kier alpha value is -3.13. The molecule has 0 unspecified atom stereocenters. The van der Waals surface area contributed by atoms with E-state index in [1.54, 1.807) is 24.3 Å². The lowest BCUT2D eigenvalue weighted by molar-refractivity contribution is 0.0734. The Morgan fingerprint density at radius 3 is 2.57 bits per heavy atom. The second-order valence-electron chi connectivity index (χ2n) is 6.52. The van der Waals surface area contributed by atoms with Gasteiger partial charge in [0.15, 0.2) is 0 Å². The highest BCUT2D eigenvalue weighted by Crippen LogP contribution is 2.27. The van der Waals surface area contributed by atoms with Crippen molar-refractivity contribution in [3.05, 3.63) is 97.9 Å². The zero-order chi connectivity index (χ0) is 21.1. The van der Waals surface area contributed by atoms with Crippen molar-refractivity contribution in [2.45, 2.75) is 13.3 Å². The minimum Gasteiger partial charge on any atom is -0.460 e. The fourth-order valence-electron chi connectivity index (χ4n) is 3.03. The molecule has 3 aromatic carbocycles. The van der Waals surface area contributed by atoms with Gasteiger partial charge in [0.2, 0.25) is 11.2 Å². The monoisotopic (exact) mass is 512 g/mol. The molecule has 0 atom stereocenters. The average Bonchev–Trinajstić information content (AvgIpc) is 2.76. The molecule has 150 valence electrons. The molecule has 0 fully saturated rings. The van der Waals surface area contributed by atoms with Gasteiger partial charge in [0.05, 0.1) is 10.9 Å². The molecule has 5 nitrogen and oxygen atoms in total. The minimum absolute atomic E-state index is 0.104. The van der Waals surface area contributed by atoms with Gasteiger partial charge in [0.1, 0.15) is 23.3 Å². The Kier molecular flexibility index (Phi) is 5.85. The van der Waals surface area contributed by atoms with Gasteiger partial charge in [-0.05, 0) is 64.9 Å². The van der Waals surface area contributed by atoms with Crippen LogP contribution in [0.25, 0.3) is 11.0 Å². The van der Waals surface area contributed by atoms with Crippen molar-refractivity contribution in [1.82, 2.24) is 0 Å². The van der Waals surface area contributed by atoms with Gasteiger partial charge < -0.3 is 13.9 Å². The van der Waals surface area contributed by atoms with Crippen LogP contribution in [-0.2, 0) is 6.42 Å². The van der Waals surface area contributed by atoms with Crippen molar-refractivity contribution in [2.24, 2.45) is 0 Å². The molecule has 4 rings (SSSR count). The number of hydrogen-bond donors (Lipinski definition) is 0. The van der Waals surface area contributed by atoms with E-state index in [2.05, 4.69) is 22.6 Å². The van der Waals surface area contributed by atoms with Crippen molar-refractivity contribution in [3.63, 3.8) is 0 Å². The van der Waals surface area contributed by atoms with Gasteiger partial charge in [0.25, 0.3) is 0 Å². The second kappa shape index (κ2) is 8.71. The molecule has 1 heterocycles. The van der Waals surface area contributed by atoms with Crippen LogP contribution in [0, 0.1) is 3.57 Å². The zero-order valence-electron chi connectivity index (χ0n) is 16.1. The average molecular weight is 512 g/mol. The predicted octanol–water partition coefficient (Wildman–Crippen LogP) is 5.97. The lowest BCUT2D eigenvalue weighted by Crippen LogP contribution is -2.10. The van der Waals surface area contributed by atoms with Crippen molar-refractivity contribution in [2.75, 3.05) is 0 Å². The summed E-state index contributed by atoms with van der Waals surface area (Å²) in [5.41, 5.74) is 1.48. The zero-order valence-corrected chi connectivity index (χ0v) is 18.2. The summed E-state index contributed by atoms with van der Waals surface area (Å²) in [7, 11) is 0. The Labute approximate surface area is 186 Å². The van der Waals surface area contributed by atoms with E-state index >= 15 is 0 Å². The van der Waals surface area contributed by atoms with Crippen LogP contribution in [0.4, 0.5) is 0 Å². The molecule has 0 aliphatic carbocycles. The third-order valence-electron chi connectivity index (χ3n) is 4.59. The van der Waals surface area contributed by atoms with Gasteiger partial charge in [-0.1, -0.05) is 37.3 Å². The minimum atomic E-state index is -0.474. The lowest BCUT2D eigenvalue weighted by atomic mass is 10.1. The molecule has 0 aliphatic heterocycles. The van der Waals surface area contributed by atoms with Crippen molar-refractivity contribution in [3.8, 4) is 17.2 Å². The topological polar surface area (TPSA) is 65.7 Å². The molecule has 0 aliphatic rings. The fraction of sp³-hybridized carbons (Fsp3) is 0.0833. The Bertz CT molecular complexity index is 1290. The van der Waals surface area contributed by atoms with E-state index in [-0.39, 0.29) is 11.2 Å². The molecule has 0 radical (unpaired) electrons. The summed E-state index contributed by atoms with van der Waals surface area (Å²) >= 11 is 2.08. The highest BCUT2D eigenvalue weighted by molar-refractivity contribution is 14.1. The summed E-state index contributed by atoms with van der Waals surface area (Å²) in [4.78, 5) is 25.3. The molecule has 0 spiro atoms. The van der Waals surface area contributed by atoms with Gasteiger partial charge >= 0.3 is 5.97 Å². The highest BCUT2D eigenvalue weighted by atomic mass is 127. The molecule has 6 heteroatoms. The summed E-state index contributed by atoms with van der Waals surface area (Å²) in [6, 6.07) is 19.3. The summed E-state index contributed by atoms with van der Waals surface area (Å²) in [6.45, 7) is 2.02. The van der Waals surface area contributed by atoms with Crippen LogP contribution in [0.15, 0.2) is 82.2 Å². The van der Waals surface area contributed by atoms with Gasteiger partial charge in [-0.15, -0.1) is 0 Å². The number of ether oxygens (including phenoxy) is 2. The number of aryl methyl sites for hydroxylation is 1. The Morgan fingerprint density at radius 1 is 1.00 bits per heavy atom. The Morgan fingerprint density at radius 2 is 1.77 bits per heavy atom. The predicted molar refractivity (Wildman–Crippen MR) is 122 cm³/mol. The standard InChI is InChI=1S/C24H17IO5/c1-2-15-7-3-6-10-20(15)30-22-14-28-21-13-16(11-12-18(21)23(22)26)29-24(27)17-8-4-5-9-19(17)25/h3-14H,2H2,1H3. The first-order chi connectivity index (χ1) is 14.6. The first kappa shape index (κ1) is 20.2.